The van der Waals surface area contributed by atoms with E-state index in [9.17, 15) is 27.7 Å². The molecule has 0 fully saturated rings. The molecule has 1 rings (SSSR count). The first-order chi connectivity index (χ1) is 6.73. The maximum absolute atomic E-state index is 12.8. The lowest BCUT2D eigenvalue weighted by atomic mass is 10.1. The van der Waals surface area contributed by atoms with Crippen molar-refractivity contribution in [1.29, 1.82) is 0 Å². The van der Waals surface area contributed by atoms with Gasteiger partial charge in [0.1, 0.15) is 11.5 Å². The summed E-state index contributed by atoms with van der Waals surface area (Å²) in [6, 6.07) is 0.353. The monoisotopic (exact) mass is 224 g/mol. The Balaban J connectivity index is 3.43. The summed E-state index contributed by atoms with van der Waals surface area (Å²) in [6.07, 6.45) is -4.98. The fourth-order valence-corrected chi connectivity index (χ4v) is 0.953. The lowest BCUT2D eigenvalue weighted by molar-refractivity contribution is -0.384. The van der Waals surface area contributed by atoms with Crippen LogP contribution in [0.5, 0.6) is 0 Å². The maximum Gasteiger partial charge on any atom is 0.419 e. The third-order valence-corrected chi connectivity index (χ3v) is 1.62. The van der Waals surface area contributed by atoms with Gasteiger partial charge in [-0.3, -0.25) is 10.1 Å². The number of hydrogen-bond acceptors (Lipinski definition) is 3. The molecule has 0 saturated heterocycles. The molecule has 0 heterocycles. The Morgan fingerprint density at radius 2 is 1.87 bits per heavy atom. The van der Waals surface area contributed by atoms with Crippen LogP contribution >= 0.6 is 0 Å². The fourth-order valence-electron chi connectivity index (χ4n) is 0.953. The van der Waals surface area contributed by atoms with Gasteiger partial charge in [-0.05, 0) is 0 Å². The lowest BCUT2D eigenvalue weighted by Gasteiger charge is -2.08. The van der Waals surface area contributed by atoms with Crippen molar-refractivity contribution in [2.45, 2.75) is 6.18 Å². The number of nitro groups is 1. The Bertz CT molecular complexity index is 416. The lowest BCUT2D eigenvalue weighted by Crippen LogP contribution is -2.10. The highest BCUT2D eigenvalue weighted by atomic mass is 19.4. The molecule has 8 heteroatoms. The van der Waals surface area contributed by atoms with Gasteiger partial charge in [-0.15, -0.1) is 0 Å². The van der Waals surface area contributed by atoms with Gasteiger partial charge in [-0.25, -0.2) is 4.39 Å². The molecule has 0 bridgehead atoms. The Kier molecular flexibility index (Phi) is 2.52. The van der Waals surface area contributed by atoms with Crippen LogP contribution in [0.25, 0.3) is 0 Å². The van der Waals surface area contributed by atoms with Crippen molar-refractivity contribution in [3.05, 3.63) is 33.6 Å². The number of nitrogens with zero attached hydrogens (tertiary/aromatic N) is 1. The van der Waals surface area contributed by atoms with E-state index < -0.39 is 33.9 Å². The smallest absolute Gasteiger partial charge is 0.393 e. The minimum atomic E-state index is -4.98. The minimum Gasteiger partial charge on any atom is -0.393 e. The van der Waals surface area contributed by atoms with E-state index in [1.54, 1.807) is 0 Å². The number of nitro benzene ring substituents is 1. The number of hydrogen-bond donors (Lipinski definition) is 1. The van der Waals surface area contributed by atoms with E-state index in [-0.39, 0.29) is 12.1 Å². The zero-order valence-electron chi connectivity index (χ0n) is 7.01. The molecule has 0 unspecified atom stereocenters. The zero-order valence-corrected chi connectivity index (χ0v) is 7.01. The highest BCUT2D eigenvalue weighted by Gasteiger charge is 2.36. The van der Waals surface area contributed by atoms with Crippen molar-refractivity contribution < 1.29 is 22.5 Å². The number of nitrogen functional groups attached to an aromatic ring is 1. The molecule has 0 aromatic heterocycles. The SMILES string of the molecule is Nc1cc(F)c(C(F)(F)F)cc1[N+](=O)[O-]. The molecule has 0 atom stereocenters. The Hall–Kier alpha value is -1.86. The number of rotatable bonds is 1. The Labute approximate surface area is 80.5 Å². The van der Waals surface area contributed by atoms with Gasteiger partial charge < -0.3 is 5.73 Å². The van der Waals surface area contributed by atoms with Crippen LogP contribution in [0.15, 0.2) is 12.1 Å². The third-order valence-electron chi connectivity index (χ3n) is 1.62. The van der Waals surface area contributed by atoms with E-state index in [1.165, 1.54) is 0 Å². The fraction of sp³-hybridized carbons (Fsp3) is 0.143. The summed E-state index contributed by atoms with van der Waals surface area (Å²) in [5, 5.41) is 10.2. The molecule has 0 aliphatic rings. The number of benzene rings is 1. The first-order valence-corrected chi connectivity index (χ1v) is 3.54. The maximum atomic E-state index is 12.8. The van der Waals surface area contributed by atoms with Crippen LogP contribution in [0.1, 0.15) is 5.56 Å². The van der Waals surface area contributed by atoms with E-state index in [0.29, 0.717) is 0 Å². The van der Waals surface area contributed by atoms with Crippen molar-refractivity contribution in [3.8, 4) is 0 Å². The van der Waals surface area contributed by atoms with Crippen molar-refractivity contribution in [3.63, 3.8) is 0 Å². The van der Waals surface area contributed by atoms with Gasteiger partial charge >= 0.3 is 6.18 Å². The highest BCUT2D eigenvalue weighted by molar-refractivity contribution is 5.60. The second-order valence-electron chi connectivity index (χ2n) is 2.65. The van der Waals surface area contributed by atoms with Crippen molar-refractivity contribution in [2.75, 3.05) is 5.73 Å². The Morgan fingerprint density at radius 1 is 1.33 bits per heavy atom. The van der Waals surface area contributed by atoms with E-state index in [1.807, 2.05) is 0 Å². The molecule has 0 amide bonds. The molecule has 4 nitrogen and oxygen atoms in total. The van der Waals surface area contributed by atoms with Crippen molar-refractivity contribution in [1.82, 2.24) is 0 Å². The predicted octanol–water partition coefficient (Wildman–Crippen LogP) is 2.33. The average molecular weight is 224 g/mol. The summed E-state index contributed by atoms with van der Waals surface area (Å²) in [7, 11) is 0. The number of anilines is 1. The molecule has 0 spiro atoms. The molecular weight excluding hydrogens is 220 g/mol. The summed E-state index contributed by atoms with van der Waals surface area (Å²) in [5.74, 6) is -1.63. The summed E-state index contributed by atoms with van der Waals surface area (Å²) >= 11 is 0. The minimum absolute atomic E-state index is 0.0741. The quantitative estimate of drug-likeness (QED) is 0.344. The molecule has 1 aromatic rings. The van der Waals surface area contributed by atoms with E-state index in [4.69, 9.17) is 5.73 Å². The normalized spacial score (nSPS) is 11.5. The van der Waals surface area contributed by atoms with E-state index >= 15 is 0 Å². The largest absolute Gasteiger partial charge is 0.419 e. The number of nitrogens with two attached hydrogens (primary N) is 1. The van der Waals surface area contributed by atoms with Gasteiger partial charge in [0.05, 0.1) is 10.5 Å². The van der Waals surface area contributed by atoms with Crippen LogP contribution in [0.2, 0.25) is 0 Å². The molecule has 1 aromatic carbocycles. The predicted molar refractivity (Wildman–Crippen MR) is 42.5 cm³/mol. The van der Waals surface area contributed by atoms with Crippen LogP contribution in [-0.4, -0.2) is 4.92 Å². The molecule has 0 radical (unpaired) electrons. The summed E-state index contributed by atoms with van der Waals surface area (Å²) < 4.78 is 49.1. The van der Waals surface area contributed by atoms with Crippen LogP contribution in [0.3, 0.4) is 0 Å². The van der Waals surface area contributed by atoms with Gasteiger partial charge in [0.2, 0.25) is 0 Å². The summed E-state index contributed by atoms with van der Waals surface area (Å²) in [4.78, 5) is 9.14. The third kappa shape index (κ3) is 2.14. The molecule has 82 valence electrons. The number of halogens is 4. The van der Waals surface area contributed by atoms with E-state index in [0.717, 1.165) is 0 Å². The van der Waals surface area contributed by atoms with Gasteiger partial charge in [-0.2, -0.15) is 13.2 Å². The number of alkyl halides is 3. The standard InChI is InChI=1S/C7H4F4N2O2/c8-4-2-5(12)6(13(14)15)1-3(4)7(9,10)11/h1-2H,12H2. The second kappa shape index (κ2) is 3.37. The van der Waals surface area contributed by atoms with Crippen LogP contribution in [0.4, 0.5) is 28.9 Å². The molecular formula is C7H4F4N2O2. The Morgan fingerprint density at radius 3 is 2.27 bits per heavy atom. The summed E-state index contributed by atoms with van der Waals surface area (Å²) in [5.41, 5.74) is 1.66. The van der Waals surface area contributed by atoms with Crippen molar-refractivity contribution in [2.24, 2.45) is 0 Å². The van der Waals surface area contributed by atoms with Crippen LogP contribution < -0.4 is 5.73 Å². The molecule has 0 aliphatic heterocycles. The molecule has 15 heavy (non-hydrogen) atoms. The first-order valence-electron chi connectivity index (χ1n) is 3.54. The second-order valence-corrected chi connectivity index (χ2v) is 2.65. The van der Waals surface area contributed by atoms with Gasteiger partial charge in [0, 0.05) is 12.1 Å². The molecule has 2 N–H and O–H groups in total. The average Bonchev–Trinajstić information content (AvgIpc) is 2.00. The van der Waals surface area contributed by atoms with Crippen molar-refractivity contribution >= 4 is 11.4 Å². The first kappa shape index (κ1) is 11.2. The van der Waals surface area contributed by atoms with Gasteiger partial charge in [0.15, 0.2) is 0 Å². The molecule has 0 aliphatic carbocycles. The molecule has 0 saturated carbocycles. The van der Waals surface area contributed by atoms with Gasteiger partial charge in [0.25, 0.3) is 5.69 Å². The highest BCUT2D eigenvalue weighted by Crippen LogP contribution is 2.35. The van der Waals surface area contributed by atoms with E-state index in [2.05, 4.69) is 0 Å². The van der Waals surface area contributed by atoms with Crippen LogP contribution in [0, 0.1) is 15.9 Å². The topological polar surface area (TPSA) is 69.2 Å². The van der Waals surface area contributed by atoms with Gasteiger partial charge in [-0.1, -0.05) is 0 Å². The zero-order chi connectivity index (χ0) is 11.8. The van der Waals surface area contributed by atoms with Crippen LogP contribution in [-0.2, 0) is 6.18 Å². The summed E-state index contributed by atoms with van der Waals surface area (Å²) in [6.45, 7) is 0.